The second-order valence-electron chi connectivity index (χ2n) is 5.59. The van der Waals surface area contributed by atoms with E-state index in [1.54, 1.807) is 0 Å². The van der Waals surface area contributed by atoms with E-state index in [9.17, 15) is 0 Å². The highest BCUT2D eigenvalue weighted by Gasteiger charge is 2.10. The molecule has 0 radical (unpaired) electrons. The van der Waals surface area contributed by atoms with Crippen molar-refractivity contribution in [1.82, 2.24) is 5.32 Å². The number of hydrogen-bond donors (Lipinski definition) is 1. The van der Waals surface area contributed by atoms with Gasteiger partial charge in [-0.1, -0.05) is 49.4 Å². The average molecular weight is 393 g/mol. The second kappa shape index (κ2) is 9.21. The number of nitrogens with one attached hydrogen (secondary N) is 1. The largest absolute Gasteiger partial charge is 0.316 e. The third-order valence-corrected chi connectivity index (χ3v) is 4.38. The molecular weight excluding hydrogens is 369 g/mol. The fraction of sp³-hybridized carbons (Fsp3) is 0.368. The summed E-state index contributed by atoms with van der Waals surface area (Å²) in [7, 11) is 0. The molecule has 0 saturated carbocycles. The number of rotatable bonds is 8. The van der Waals surface area contributed by atoms with Crippen LogP contribution < -0.4 is 5.32 Å². The van der Waals surface area contributed by atoms with Gasteiger partial charge in [-0.25, -0.2) is 0 Å². The van der Waals surface area contributed by atoms with Crippen molar-refractivity contribution in [2.75, 3.05) is 13.1 Å². The van der Waals surface area contributed by atoms with E-state index in [-0.39, 0.29) is 0 Å². The van der Waals surface area contributed by atoms with E-state index in [2.05, 4.69) is 89.4 Å². The van der Waals surface area contributed by atoms with Crippen LogP contribution in [0.3, 0.4) is 0 Å². The molecule has 0 amide bonds. The van der Waals surface area contributed by atoms with Crippen molar-refractivity contribution >= 4 is 22.6 Å². The van der Waals surface area contributed by atoms with Crippen molar-refractivity contribution in [1.29, 1.82) is 0 Å². The highest BCUT2D eigenvalue weighted by atomic mass is 127. The normalized spacial score (nSPS) is 12.3. The van der Waals surface area contributed by atoms with Crippen LogP contribution in [0, 0.1) is 9.49 Å². The van der Waals surface area contributed by atoms with E-state index in [0.717, 1.165) is 25.9 Å². The van der Waals surface area contributed by atoms with E-state index in [1.807, 2.05) is 0 Å². The van der Waals surface area contributed by atoms with Crippen LogP contribution in [0.15, 0.2) is 54.6 Å². The molecule has 0 aliphatic heterocycles. The van der Waals surface area contributed by atoms with Gasteiger partial charge in [0.1, 0.15) is 0 Å². The first-order valence-electron chi connectivity index (χ1n) is 7.77. The SMILES string of the molecule is CCCNCC(Cc1ccccc1)Cc1ccc(I)cc1. The van der Waals surface area contributed by atoms with E-state index in [1.165, 1.54) is 21.1 Å². The molecule has 21 heavy (non-hydrogen) atoms. The summed E-state index contributed by atoms with van der Waals surface area (Å²) in [5.41, 5.74) is 2.88. The molecule has 1 nitrogen and oxygen atoms in total. The van der Waals surface area contributed by atoms with Crippen molar-refractivity contribution in [2.45, 2.75) is 26.2 Å². The molecule has 2 aromatic rings. The zero-order chi connectivity index (χ0) is 14.9. The maximum absolute atomic E-state index is 3.59. The first-order valence-corrected chi connectivity index (χ1v) is 8.85. The minimum atomic E-state index is 0.652. The molecule has 112 valence electrons. The quantitative estimate of drug-likeness (QED) is 0.507. The molecule has 1 N–H and O–H groups in total. The van der Waals surface area contributed by atoms with Crippen molar-refractivity contribution < 1.29 is 0 Å². The van der Waals surface area contributed by atoms with Gasteiger partial charge in [-0.15, -0.1) is 0 Å². The van der Waals surface area contributed by atoms with Gasteiger partial charge >= 0.3 is 0 Å². The molecule has 1 atom stereocenters. The van der Waals surface area contributed by atoms with Gasteiger partial charge in [0.05, 0.1) is 0 Å². The summed E-state index contributed by atoms with van der Waals surface area (Å²) in [4.78, 5) is 0. The van der Waals surface area contributed by atoms with Gasteiger partial charge in [0.25, 0.3) is 0 Å². The standard InChI is InChI=1S/C19H24IN/c1-2-12-21-15-18(13-16-6-4-3-5-7-16)14-17-8-10-19(20)11-9-17/h3-11,18,21H,2,12-15H2,1H3. The molecule has 2 rings (SSSR count). The van der Waals surface area contributed by atoms with Crippen LogP contribution in [0.25, 0.3) is 0 Å². The molecular formula is C19H24IN. The lowest BCUT2D eigenvalue weighted by Gasteiger charge is -2.18. The lowest BCUT2D eigenvalue weighted by atomic mass is 9.92. The lowest BCUT2D eigenvalue weighted by molar-refractivity contribution is 0.471. The summed E-state index contributed by atoms with van der Waals surface area (Å²) >= 11 is 2.36. The smallest absolute Gasteiger partial charge is 0.0130 e. The Hall–Kier alpha value is -0.870. The van der Waals surface area contributed by atoms with Crippen LogP contribution >= 0.6 is 22.6 Å². The Balaban J connectivity index is 1.99. The molecule has 0 spiro atoms. The molecule has 0 bridgehead atoms. The van der Waals surface area contributed by atoms with Crippen LogP contribution in [0.1, 0.15) is 24.5 Å². The van der Waals surface area contributed by atoms with Crippen LogP contribution in [0.2, 0.25) is 0 Å². The van der Waals surface area contributed by atoms with E-state index < -0.39 is 0 Å². The van der Waals surface area contributed by atoms with E-state index in [0.29, 0.717) is 5.92 Å². The zero-order valence-electron chi connectivity index (χ0n) is 12.7. The Bertz CT molecular complexity index is 507. The molecule has 0 aromatic heterocycles. The zero-order valence-corrected chi connectivity index (χ0v) is 14.8. The highest BCUT2D eigenvalue weighted by molar-refractivity contribution is 14.1. The Kier molecular flexibility index (Phi) is 7.24. The molecule has 2 aromatic carbocycles. The van der Waals surface area contributed by atoms with Gasteiger partial charge in [-0.3, -0.25) is 0 Å². The molecule has 0 heterocycles. The summed E-state index contributed by atoms with van der Waals surface area (Å²) in [6, 6.07) is 19.8. The maximum atomic E-state index is 3.59. The molecule has 0 aliphatic carbocycles. The van der Waals surface area contributed by atoms with Crippen molar-refractivity contribution in [3.63, 3.8) is 0 Å². The predicted octanol–water partition coefficient (Wildman–Crippen LogP) is 4.69. The Morgan fingerprint density at radius 1 is 0.905 bits per heavy atom. The van der Waals surface area contributed by atoms with Crippen LogP contribution in [0.5, 0.6) is 0 Å². The second-order valence-corrected chi connectivity index (χ2v) is 6.84. The highest BCUT2D eigenvalue weighted by Crippen LogP contribution is 2.16. The average Bonchev–Trinajstić information content (AvgIpc) is 2.51. The minimum Gasteiger partial charge on any atom is -0.316 e. The fourth-order valence-electron chi connectivity index (χ4n) is 2.60. The molecule has 0 fully saturated rings. The summed E-state index contributed by atoms with van der Waals surface area (Å²) in [5.74, 6) is 0.652. The third kappa shape index (κ3) is 6.18. The van der Waals surface area contributed by atoms with Crippen molar-refractivity contribution in [2.24, 2.45) is 5.92 Å². The maximum Gasteiger partial charge on any atom is 0.0130 e. The van der Waals surface area contributed by atoms with Crippen LogP contribution in [-0.4, -0.2) is 13.1 Å². The number of benzene rings is 2. The predicted molar refractivity (Wildman–Crippen MR) is 99.7 cm³/mol. The molecule has 1 unspecified atom stereocenters. The van der Waals surface area contributed by atoms with Crippen LogP contribution in [0.4, 0.5) is 0 Å². The van der Waals surface area contributed by atoms with Gasteiger partial charge in [-0.2, -0.15) is 0 Å². The van der Waals surface area contributed by atoms with Crippen molar-refractivity contribution in [3.05, 3.63) is 69.3 Å². The number of halogens is 1. The first-order chi connectivity index (χ1) is 10.3. The summed E-state index contributed by atoms with van der Waals surface area (Å²) in [5, 5.41) is 3.59. The van der Waals surface area contributed by atoms with Gasteiger partial charge in [-0.05, 0) is 84.1 Å². The van der Waals surface area contributed by atoms with Crippen LogP contribution in [-0.2, 0) is 12.8 Å². The van der Waals surface area contributed by atoms with E-state index >= 15 is 0 Å². The molecule has 0 saturated heterocycles. The fourth-order valence-corrected chi connectivity index (χ4v) is 2.96. The Labute approximate surface area is 142 Å². The monoisotopic (exact) mass is 393 g/mol. The lowest BCUT2D eigenvalue weighted by Crippen LogP contribution is -2.26. The van der Waals surface area contributed by atoms with Gasteiger partial charge in [0.15, 0.2) is 0 Å². The number of hydrogen-bond acceptors (Lipinski definition) is 1. The molecule has 0 aliphatic rings. The Morgan fingerprint density at radius 2 is 1.52 bits per heavy atom. The third-order valence-electron chi connectivity index (χ3n) is 3.66. The summed E-state index contributed by atoms with van der Waals surface area (Å²) in [6.07, 6.45) is 3.48. The summed E-state index contributed by atoms with van der Waals surface area (Å²) in [6.45, 7) is 4.42. The summed E-state index contributed by atoms with van der Waals surface area (Å²) < 4.78 is 1.31. The Morgan fingerprint density at radius 3 is 2.14 bits per heavy atom. The van der Waals surface area contributed by atoms with Gasteiger partial charge in [0, 0.05) is 3.57 Å². The van der Waals surface area contributed by atoms with E-state index in [4.69, 9.17) is 0 Å². The topological polar surface area (TPSA) is 12.0 Å². The van der Waals surface area contributed by atoms with Gasteiger partial charge in [0.2, 0.25) is 0 Å². The molecule has 2 heteroatoms. The minimum absolute atomic E-state index is 0.652. The first kappa shape index (κ1) is 16.5. The van der Waals surface area contributed by atoms with Gasteiger partial charge < -0.3 is 5.32 Å². The van der Waals surface area contributed by atoms with Crippen molar-refractivity contribution in [3.8, 4) is 0 Å².